The Bertz CT molecular complexity index is 805. The molecule has 0 amide bonds. The van der Waals surface area contributed by atoms with Gasteiger partial charge in [0.15, 0.2) is 0 Å². The summed E-state index contributed by atoms with van der Waals surface area (Å²) in [6.45, 7) is 0. The average molecular weight is 296 g/mol. The highest BCUT2D eigenvalue weighted by Gasteiger charge is 2.18. The summed E-state index contributed by atoms with van der Waals surface area (Å²) in [6, 6.07) is 10.7. The molecule has 2 heterocycles. The summed E-state index contributed by atoms with van der Waals surface area (Å²) >= 11 is 5.97. The van der Waals surface area contributed by atoms with Gasteiger partial charge in [-0.2, -0.15) is 5.26 Å². The predicted octanol–water partition coefficient (Wildman–Crippen LogP) is 3.24. The molecule has 1 aliphatic heterocycles. The van der Waals surface area contributed by atoms with Crippen molar-refractivity contribution in [3.63, 3.8) is 0 Å². The fourth-order valence-electron chi connectivity index (χ4n) is 2.29. The van der Waals surface area contributed by atoms with Gasteiger partial charge in [-0.05, 0) is 35.9 Å². The third-order valence-corrected chi connectivity index (χ3v) is 3.49. The average Bonchev–Trinajstić information content (AvgIpc) is 2.65. The molecule has 1 aliphatic rings. The van der Waals surface area contributed by atoms with E-state index in [0.717, 1.165) is 16.8 Å². The number of ketones is 1. The maximum atomic E-state index is 12.1. The van der Waals surface area contributed by atoms with Gasteiger partial charge in [0.2, 0.25) is 0 Å². The number of rotatable bonds is 1. The fraction of sp³-hybridized carbons (Fsp3) is 0.125. The smallest absolute Gasteiger partial charge is 0.143 e. The monoisotopic (exact) mass is 295 g/mol. The van der Waals surface area contributed by atoms with Crippen molar-refractivity contribution in [3.8, 4) is 6.07 Å². The molecule has 0 N–H and O–H groups in total. The number of aromatic nitrogens is 1. The van der Waals surface area contributed by atoms with Crippen LogP contribution in [0.5, 0.6) is 0 Å². The second kappa shape index (κ2) is 5.47. The Morgan fingerprint density at radius 3 is 2.86 bits per heavy atom. The molecule has 3 rings (SSSR count). The van der Waals surface area contributed by atoms with Crippen LogP contribution in [0.3, 0.4) is 0 Å². The topological polar surface area (TPSA) is 66.1 Å². The first-order valence-corrected chi connectivity index (χ1v) is 6.78. The zero-order valence-corrected chi connectivity index (χ0v) is 11.8. The van der Waals surface area contributed by atoms with Crippen molar-refractivity contribution in [1.82, 2.24) is 4.98 Å². The van der Waals surface area contributed by atoms with Gasteiger partial charge in [-0.3, -0.25) is 9.79 Å². The van der Waals surface area contributed by atoms with E-state index in [0.29, 0.717) is 22.8 Å². The lowest BCUT2D eigenvalue weighted by Crippen LogP contribution is -2.09. The molecule has 21 heavy (non-hydrogen) atoms. The van der Waals surface area contributed by atoms with Gasteiger partial charge < -0.3 is 0 Å². The van der Waals surface area contributed by atoms with Gasteiger partial charge in [-0.25, -0.2) is 4.98 Å². The van der Waals surface area contributed by atoms with E-state index in [-0.39, 0.29) is 12.2 Å². The molecular formula is C16H10ClN3O. The van der Waals surface area contributed by atoms with Crippen molar-refractivity contribution < 1.29 is 4.79 Å². The molecule has 0 saturated heterocycles. The van der Waals surface area contributed by atoms with Crippen LogP contribution in [0, 0.1) is 11.3 Å². The Kier molecular flexibility index (Phi) is 3.51. The minimum atomic E-state index is 0.0742. The second-order valence-electron chi connectivity index (χ2n) is 4.77. The normalized spacial score (nSPS) is 13.9. The number of hydrogen-bond acceptors (Lipinski definition) is 4. The third-order valence-electron chi connectivity index (χ3n) is 3.26. The molecule has 0 saturated carbocycles. The highest BCUT2D eigenvalue weighted by molar-refractivity contribution is 6.30. The molecule has 0 unspecified atom stereocenters. The van der Waals surface area contributed by atoms with Crippen LogP contribution in [0.15, 0.2) is 41.5 Å². The lowest BCUT2D eigenvalue weighted by molar-refractivity contribution is -0.117. The largest absolute Gasteiger partial charge is 0.299 e. The number of fused-ring (bicyclic) bond motifs is 1. The molecule has 1 aromatic heterocycles. The SMILES string of the molecule is N#Cc1cc(C2=Nc3ccc(Cl)cc3CC(=O)C2)ccn1. The van der Waals surface area contributed by atoms with Crippen LogP contribution in [0.2, 0.25) is 5.02 Å². The lowest BCUT2D eigenvalue weighted by atomic mass is 10.0. The van der Waals surface area contributed by atoms with Crippen molar-refractivity contribution in [2.24, 2.45) is 4.99 Å². The number of halogens is 1. The second-order valence-corrected chi connectivity index (χ2v) is 5.20. The first kappa shape index (κ1) is 13.5. The van der Waals surface area contributed by atoms with Gasteiger partial charge in [0.05, 0.1) is 11.4 Å². The number of aliphatic imine (C=N–C) groups is 1. The number of carbonyl (C=O) groups is 1. The third kappa shape index (κ3) is 2.83. The first-order chi connectivity index (χ1) is 10.2. The summed E-state index contributed by atoms with van der Waals surface area (Å²) in [5.74, 6) is 0.0742. The van der Waals surface area contributed by atoms with Crippen LogP contribution >= 0.6 is 11.6 Å². The minimum absolute atomic E-state index is 0.0742. The molecule has 0 aliphatic carbocycles. The predicted molar refractivity (Wildman–Crippen MR) is 79.9 cm³/mol. The van der Waals surface area contributed by atoms with E-state index < -0.39 is 0 Å². The number of nitriles is 1. The van der Waals surface area contributed by atoms with Crippen LogP contribution in [0.1, 0.15) is 23.2 Å². The van der Waals surface area contributed by atoms with Gasteiger partial charge >= 0.3 is 0 Å². The minimum Gasteiger partial charge on any atom is -0.299 e. The number of benzene rings is 1. The van der Waals surface area contributed by atoms with Crippen LogP contribution in [-0.4, -0.2) is 16.5 Å². The fourth-order valence-corrected chi connectivity index (χ4v) is 2.48. The Labute approximate surface area is 126 Å². The van der Waals surface area contributed by atoms with Crippen LogP contribution in [0.25, 0.3) is 0 Å². The van der Waals surface area contributed by atoms with Crippen molar-refractivity contribution >= 4 is 28.8 Å². The van der Waals surface area contributed by atoms with E-state index >= 15 is 0 Å². The molecule has 0 fully saturated rings. The van der Waals surface area contributed by atoms with Crippen LogP contribution < -0.4 is 0 Å². The van der Waals surface area contributed by atoms with E-state index in [2.05, 4.69) is 9.98 Å². The van der Waals surface area contributed by atoms with Crippen LogP contribution in [-0.2, 0) is 11.2 Å². The summed E-state index contributed by atoms with van der Waals surface area (Å²) in [5, 5.41) is 9.52. The molecule has 1 aromatic carbocycles. The molecule has 5 heteroatoms. The van der Waals surface area contributed by atoms with E-state index in [1.54, 1.807) is 30.5 Å². The number of hydrogen-bond donors (Lipinski definition) is 0. The Morgan fingerprint density at radius 2 is 2.05 bits per heavy atom. The number of pyridine rings is 1. The van der Waals surface area contributed by atoms with E-state index in [9.17, 15) is 4.79 Å². The highest BCUT2D eigenvalue weighted by atomic mass is 35.5. The Balaban J connectivity index is 2.11. The number of Topliss-reactive ketones (excluding diaryl/α,β-unsaturated/α-hetero) is 1. The zero-order valence-electron chi connectivity index (χ0n) is 11.0. The van der Waals surface area contributed by atoms with Crippen molar-refractivity contribution in [3.05, 3.63) is 58.4 Å². The quantitative estimate of drug-likeness (QED) is 0.811. The van der Waals surface area contributed by atoms with Gasteiger partial charge in [-0.15, -0.1) is 0 Å². The van der Waals surface area contributed by atoms with Gasteiger partial charge in [0.1, 0.15) is 17.5 Å². The van der Waals surface area contributed by atoms with Gasteiger partial charge in [0.25, 0.3) is 0 Å². The number of carbonyl (C=O) groups excluding carboxylic acids is 1. The molecule has 2 aromatic rings. The van der Waals surface area contributed by atoms with E-state index in [1.165, 1.54) is 0 Å². The summed E-state index contributed by atoms with van der Waals surface area (Å²) < 4.78 is 0. The molecule has 0 radical (unpaired) electrons. The molecule has 0 spiro atoms. The zero-order chi connectivity index (χ0) is 14.8. The van der Waals surface area contributed by atoms with Gasteiger partial charge in [0, 0.05) is 29.6 Å². The van der Waals surface area contributed by atoms with Crippen molar-refractivity contribution in [2.45, 2.75) is 12.8 Å². The van der Waals surface area contributed by atoms with E-state index in [4.69, 9.17) is 16.9 Å². The molecule has 0 atom stereocenters. The maximum absolute atomic E-state index is 12.1. The standard InChI is InChI=1S/C16H10ClN3O/c17-12-1-2-15-11(5-12)7-14(21)8-16(20-15)10-3-4-19-13(6-10)9-18/h1-6H,7-8H2. The first-order valence-electron chi connectivity index (χ1n) is 6.40. The van der Waals surface area contributed by atoms with Crippen molar-refractivity contribution in [1.29, 1.82) is 5.26 Å². The van der Waals surface area contributed by atoms with Gasteiger partial charge in [-0.1, -0.05) is 11.6 Å². The number of nitrogens with zero attached hydrogens (tertiary/aromatic N) is 3. The summed E-state index contributed by atoms with van der Waals surface area (Å²) in [5.41, 5.74) is 3.29. The van der Waals surface area contributed by atoms with Crippen molar-refractivity contribution in [2.75, 3.05) is 0 Å². The summed E-state index contributed by atoms with van der Waals surface area (Å²) in [6.07, 6.45) is 2.11. The molecule has 102 valence electrons. The molecule has 4 nitrogen and oxygen atoms in total. The maximum Gasteiger partial charge on any atom is 0.143 e. The van der Waals surface area contributed by atoms with E-state index in [1.807, 2.05) is 12.1 Å². The van der Waals surface area contributed by atoms with Crippen LogP contribution in [0.4, 0.5) is 5.69 Å². The highest BCUT2D eigenvalue weighted by Crippen LogP contribution is 2.28. The summed E-state index contributed by atoms with van der Waals surface area (Å²) in [7, 11) is 0. The molecule has 0 bridgehead atoms. The molecular weight excluding hydrogens is 286 g/mol. The lowest BCUT2D eigenvalue weighted by Gasteiger charge is -2.04. The Morgan fingerprint density at radius 1 is 1.19 bits per heavy atom. The Hall–Kier alpha value is -2.51. The summed E-state index contributed by atoms with van der Waals surface area (Å²) in [4.78, 5) is 20.6.